The Hall–Kier alpha value is -2.17. The van der Waals surface area contributed by atoms with Crippen LogP contribution in [0, 0.1) is 13.8 Å². The van der Waals surface area contributed by atoms with E-state index in [1.807, 2.05) is 12.1 Å². The van der Waals surface area contributed by atoms with Gasteiger partial charge in [0, 0.05) is 11.7 Å². The van der Waals surface area contributed by atoms with Gasteiger partial charge in [-0.1, -0.05) is 19.1 Å². The lowest BCUT2D eigenvalue weighted by Gasteiger charge is -2.13. The highest BCUT2D eigenvalue weighted by atomic mass is 15.3. The van der Waals surface area contributed by atoms with E-state index in [9.17, 15) is 0 Å². The van der Waals surface area contributed by atoms with Crippen LogP contribution < -0.4 is 10.6 Å². The maximum Gasteiger partial charge on any atom is 0.249 e. The smallest absolute Gasteiger partial charge is 0.249 e. The van der Waals surface area contributed by atoms with Crippen LogP contribution in [0.1, 0.15) is 31.4 Å². The van der Waals surface area contributed by atoms with Crippen molar-refractivity contribution in [2.45, 2.75) is 40.2 Å². The maximum absolute atomic E-state index is 4.43. The third kappa shape index (κ3) is 3.44. The first kappa shape index (κ1) is 14.2. The molecule has 0 bridgehead atoms. The first-order chi connectivity index (χ1) is 9.60. The van der Waals surface area contributed by atoms with Crippen molar-refractivity contribution in [3.8, 4) is 0 Å². The Balaban J connectivity index is 2.17. The minimum atomic E-state index is 0.361. The Bertz CT molecular complexity index is 582. The second-order valence-corrected chi connectivity index (χ2v) is 4.99. The van der Waals surface area contributed by atoms with E-state index < -0.39 is 0 Å². The van der Waals surface area contributed by atoms with Gasteiger partial charge in [0.2, 0.25) is 5.95 Å². The third-order valence-corrected chi connectivity index (χ3v) is 3.42. The highest BCUT2D eigenvalue weighted by Crippen LogP contribution is 2.21. The molecule has 0 saturated heterocycles. The van der Waals surface area contributed by atoms with Crippen LogP contribution in [0.2, 0.25) is 0 Å². The van der Waals surface area contributed by atoms with Crippen molar-refractivity contribution in [2.24, 2.45) is 0 Å². The summed E-state index contributed by atoms with van der Waals surface area (Å²) in [4.78, 5) is 4.43. The predicted octanol–water partition coefficient (Wildman–Crippen LogP) is 3.44. The van der Waals surface area contributed by atoms with Crippen molar-refractivity contribution in [1.29, 1.82) is 0 Å². The molecule has 0 aliphatic rings. The van der Waals surface area contributed by atoms with Crippen molar-refractivity contribution in [3.63, 3.8) is 0 Å². The molecule has 1 heterocycles. The SMILES string of the molecule is CCC(C)Nc1cnnc(Nc2cccc(C)c2C)n1. The zero-order chi connectivity index (χ0) is 14.5. The molecule has 2 N–H and O–H groups in total. The molecule has 0 radical (unpaired) electrons. The molecule has 20 heavy (non-hydrogen) atoms. The van der Waals surface area contributed by atoms with Gasteiger partial charge in [-0.2, -0.15) is 10.1 Å². The van der Waals surface area contributed by atoms with E-state index in [4.69, 9.17) is 0 Å². The molecule has 1 aromatic carbocycles. The summed E-state index contributed by atoms with van der Waals surface area (Å²) in [7, 11) is 0. The van der Waals surface area contributed by atoms with Crippen LogP contribution in [0.5, 0.6) is 0 Å². The zero-order valence-electron chi connectivity index (χ0n) is 12.4. The maximum atomic E-state index is 4.43. The zero-order valence-corrected chi connectivity index (χ0v) is 12.4. The summed E-state index contributed by atoms with van der Waals surface area (Å²) in [5, 5.41) is 14.5. The molecule has 0 spiro atoms. The van der Waals surface area contributed by atoms with Gasteiger partial charge in [0.1, 0.15) is 0 Å². The Kier molecular flexibility index (Phi) is 4.50. The van der Waals surface area contributed by atoms with Gasteiger partial charge in [-0.15, -0.1) is 5.10 Å². The summed E-state index contributed by atoms with van der Waals surface area (Å²) in [6.45, 7) is 8.40. The van der Waals surface area contributed by atoms with Gasteiger partial charge >= 0.3 is 0 Å². The number of aryl methyl sites for hydroxylation is 1. The Morgan fingerprint density at radius 1 is 1.25 bits per heavy atom. The second-order valence-electron chi connectivity index (χ2n) is 4.99. The van der Waals surface area contributed by atoms with Gasteiger partial charge in [0.25, 0.3) is 0 Å². The van der Waals surface area contributed by atoms with Crippen molar-refractivity contribution >= 4 is 17.5 Å². The third-order valence-electron chi connectivity index (χ3n) is 3.42. The van der Waals surface area contributed by atoms with Crippen molar-refractivity contribution < 1.29 is 0 Å². The average molecular weight is 271 g/mol. The highest BCUT2D eigenvalue weighted by Gasteiger charge is 2.06. The number of rotatable bonds is 5. The van der Waals surface area contributed by atoms with E-state index >= 15 is 0 Å². The standard InChI is InChI=1S/C15H21N5/c1-5-11(3)17-14-9-16-20-15(19-14)18-13-8-6-7-10(2)12(13)4/h6-9,11H,5H2,1-4H3,(H2,17,18,19,20). The molecule has 0 saturated carbocycles. The number of aromatic nitrogens is 3. The number of anilines is 3. The first-order valence-electron chi connectivity index (χ1n) is 6.89. The van der Waals surface area contributed by atoms with Gasteiger partial charge in [-0.3, -0.25) is 0 Å². The van der Waals surface area contributed by atoms with E-state index in [0.29, 0.717) is 12.0 Å². The molecule has 0 aliphatic heterocycles. The van der Waals surface area contributed by atoms with E-state index in [2.05, 4.69) is 59.6 Å². The van der Waals surface area contributed by atoms with Crippen LogP contribution in [0.4, 0.5) is 17.5 Å². The summed E-state index contributed by atoms with van der Waals surface area (Å²) in [6.07, 6.45) is 2.67. The molecule has 1 atom stereocenters. The summed E-state index contributed by atoms with van der Waals surface area (Å²) in [5.41, 5.74) is 3.43. The first-order valence-corrected chi connectivity index (χ1v) is 6.89. The number of benzene rings is 1. The van der Waals surface area contributed by atoms with Gasteiger partial charge in [-0.05, 0) is 44.4 Å². The Labute approximate surface area is 119 Å². The molecule has 5 nitrogen and oxygen atoms in total. The van der Waals surface area contributed by atoms with Gasteiger partial charge in [-0.25, -0.2) is 0 Å². The molecule has 0 aliphatic carbocycles. The average Bonchev–Trinajstić information content (AvgIpc) is 2.44. The molecule has 2 aromatic rings. The quantitative estimate of drug-likeness (QED) is 0.872. The fraction of sp³-hybridized carbons (Fsp3) is 0.400. The highest BCUT2D eigenvalue weighted by molar-refractivity contribution is 5.60. The van der Waals surface area contributed by atoms with Crippen LogP contribution in [0.3, 0.4) is 0 Å². The van der Waals surface area contributed by atoms with E-state index in [0.717, 1.165) is 17.9 Å². The van der Waals surface area contributed by atoms with Gasteiger partial charge in [0.15, 0.2) is 5.82 Å². The Morgan fingerprint density at radius 2 is 2.05 bits per heavy atom. The van der Waals surface area contributed by atoms with Crippen LogP contribution in [-0.2, 0) is 0 Å². The molecule has 1 unspecified atom stereocenters. The van der Waals surface area contributed by atoms with Crippen molar-refractivity contribution in [3.05, 3.63) is 35.5 Å². The predicted molar refractivity (Wildman–Crippen MR) is 82.4 cm³/mol. The van der Waals surface area contributed by atoms with Crippen molar-refractivity contribution in [1.82, 2.24) is 15.2 Å². The lowest BCUT2D eigenvalue weighted by molar-refractivity contribution is 0.755. The fourth-order valence-corrected chi connectivity index (χ4v) is 1.79. The summed E-state index contributed by atoms with van der Waals surface area (Å²) < 4.78 is 0. The number of nitrogens with zero attached hydrogens (tertiary/aromatic N) is 3. The minimum Gasteiger partial charge on any atom is -0.366 e. The molecular weight excluding hydrogens is 250 g/mol. The summed E-state index contributed by atoms with van der Waals surface area (Å²) in [5.74, 6) is 1.24. The molecule has 106 valence electrons. The fourth-order valence-electron chi connectivity index (χ4n) is 1.79. The van der Waals surface area contributed by atoms with E-state index in [-0.39, 0.29) is 0 Å². The lowest BCUT2D eigenvalue weighted by atomic mass is 10.1. The molecule has 0 fully saturated rings. The largest absolute Gasteiger partial charge is 0.366 e. The van der Waals surface area contributed by atoms with Crippen LogP contribution in [-0.4, -0.2) is 21.2 Å². The number of hydrogen-bond donors (Lipinski definition) is 2. The normalized spacial score (nSPS) is 12.0. The van der Waals surface area contributed by atoms with Crippen LogP contribution in [0.25, 0.3) is 0 Å². The Morgan fingerprint density at radius 3 is 2.80 bits per heavy atom. The van der Waals surface area contributed by atoms with Gasteiger partial charge in [0.05, 0.1) is 6.20 Å². The van der Waals surface area contributed by atoms with E-state index in [1.165, 1.54) is 11.1 Å². The molecular formula is C15H21N5. The lowest BCUT2D eigenvalue weighted by Crippen LogP contribution is -2.15. The summed E-state index contributed by atoms with van der Waals surface area (Å²) >= 11 is 0. The molecule has 5 heteroatoms. The number of hydrogen-bond acceptors (Lipinski definition) is 5. The van der Waals surface area contributed by atoms with Crippen molar-refractivity contribution in [2.75, 3.05) is 10.6 Å². The van der Waals surface area contributed by atoms with Crippen LogP contribution in [0.15, 0.2) is 24.4 Å². The topological polar surface area (TPSA) is 62.7 Å². The molecule has 1 aromatic heterocycles. The molecule has 0 amide bonds. The second kappa shape index (κ2) is 6.32. The van der Waals surface area contributed by atoms with Crippen LogP contribution >= 0.6 is 0 Å². The molecule has 2 rings (SSSR count). The number of nitrogens with one attached hydrogen (secondary N) is 2. The minimum absolute atomic E-state index is 0.361. The van der Waals surface area contributed by atoms with Gasteiger partial charge < -0.3 is 10.6 Å². The summed E-state index contributed by atoms with van der Waals surface area (Å²) in [6, 6.07) is 6.47. The monoisotopic (exact) mass is 271 g/mol. The van der Waals surface area contributed by atoms with E-state index in [1.54, 1.807) is 6.20 Å².